The zero-order valence-electron chi connectivity index (χ0n) is 7.91. The second-order valence-corrected chi connectivity index (χ2v) is 4.10. The highest BCUT2D eigenvalue weighted by Crippen LogP contribution is 2.55. The van der Waals surface area contributed by atoms with Crippen LogP contribution < -0.4 is 5.32 Å². The van der Waals surface area contributed by atoms with Crippen LogP contribution in [0.15, 0.2) is 18.2 Å². The smallest absolute Gasteiger partial charge is 0.335 e. The SMILES string of the molecule is O=C(O)c1ccc2c(c1)C1(CC1)C(=O)N2. The fraction of sp³-hybridized carbons (Fsp3) is 0.273. The van der Waals surface area contributed by atoms with Crippen LogP contribution in [0.5, 0.6) is 0 Å². The molecule has 0 unspecified atom stereocenters. The van der Waals surface area contributed by atoms with Crippen LogP contribution in [0.25, 0.3) is 0 Å². The number of carbonyl (C=O) groups excluding carboxylic acids is 1. The minimum atomic E-state index is -0.951. The number of hydrogen-bond donors (Lipinski definition) is 2. The molecular formula is C11H9NO3. The summed E-state index contributed by atoms with van der Waals surface area (Å²) in [5.41, 5.74) is 1.47. The van der Waals surface area contributed by atoms with E-state index < -0.39 is 11.4 Å². The van der Waals surface area contributed by atoms with E-state index in [1.165, 1.54) is 6.07 Å². The minimum Gasteiger partial charge on any atom is -0.478 e. The van der Waals surface area contributed by atoms with E-state index in [2.05, 4.69) is 5.32 Å². The summed E-state index contributed by atoms with van der Waals surface area (Å²) in [4.78, 5) is 22.4. The fourth-order valence-corrected chi connectivity index (χ4v) is 2.17. The number of fused-ring (bicyclic) bond motifs is 2. The highest BCUT2D eigenvalue weighted by atomic mass is 16.4. The molecule has 1 aromatic rings. The number of rotatable bonds is 1. The van der Waals surface area contributed by atoms with E-state index in [1.807, 2.05) is 0 Å². The zero-order chi connectivity index (χ0) is 10.6. The Hall–Kier alpha value is -1.84. The predicted octanol–water partition coefficient (Wildman–Crippen LogP) is 1.37. The molecule has 1 amide bonds. The molecule has 4 heteroatoms. The van der Waals surface area contributed by atoms with Crippen molar-refractivity contribution in [2.75, 3.05) is 5.32 Å². The number of anilines is 1. The predicted molar refractivity (Wildman–Crippen MR) is 52.9 cm³/mol. The summed E-state index contributed by atoms with van der Waals surface area (Å²) in [5.74, 6) is -0.937. The van der Waals surface area contributed by atoms with E-state index in [9.17, 15) is 9.59 Å². The van der Waals surface area contributed by atoms with E-state index in [0.29, 0.717) is 0 Å². The molecule has 1 fully saturated rings. The molecule has 0 radical (unpaired) electrons. The maximum atomic E-state index is 11.6. The van der Waals surface area contributed by atoms with E-state index >= 15 is 0 Å². The van der Waals surface area contributed by atoms with Gasteiger partial charge in [0.05, 0.1) is 11.0 Å². The summed E-state index contributed by atoms with van der Waals surface area (Å²) >= 11 is 0. The molecule has 1 saturated carbocycles. The normalized spacial score (nSPS) is 19.9. The lowest BCUT2D eigenvalue weighted by molar-refractivity contribution is -0.117. The van der Waals surface area contributed by atoms with Crippen LogP contribution in [0.4, 0.5) is 5.69 Å². The number of carboxylic acids is 1. The Morgan fingerprint density at radius 3 is 2.73 bits per heavy atom. The van der Waals surface area contributed by atoms with Crippen molar-refractivity contribution < 1.29 is 14.7 Å². The van der Waals surface area contributed by atoms with Crippen molar-refractivity contribution in [3.63, 3.8) is 0 Å². The average Bonchev–Trinajstić information content (AvgIpc) is 2.93. The van der Waals surface area contributed by atoms with Crippen molar-refractivity contribution in [1.82, 2.24) is 0 Å². The van der Waals surface area contributed by atoms with Gasteiger partial charge in [-0.2, -0.15) is 0 Å². The standard InChI is InChI=1S/C11H9NO3/c13-9(14)6-1-2-8-7(5-6)11(3-4-11)10(15)12-8/h1-2,5H,3-4H2,(H,12,15)(H,13,14). The van der Waals surface area contributed by atoms with Gasteiger partial charge in [0.15, 0.2) is 0 Å². The lowest BCUT2D eigenvalue weighted by Gasteiger charge is -2.04. The first-order valence-corrected chi connectivity index (χ1v) is 4.83. The van der Waals surface area contributed by atoms with Crippen molar-refractivity contribution in [2.45, 2.75) is 18.3 Å². The Balaban J connectivity index is 2.17. The lowest BCUT2D eigenvalue weighted by atomic mass is 9.96. The van der Waals surface area contributed by atoms with Gasteiger partial charge in [0.2, 0.25) is 5.91 Å². The summed E-state index contributed by atoms with van der Waals surface area (Å²) in [5, 5.41) is 11.7. The number of amides is 1. The first kappa shape index (κ1) is 8.47. The minimum absolute atomic E-state index is 0.0139. The summed E-state index contributed by atoms with van der Waals surface area (Å²) in [6.07, 6.45) is 1.66. The van der Waals surface area contributed by atoms with Gasteiger partial charge in [-0.3, -0.25) is 4.79 Å². The quantitative estimate of drug-likeness (QED) is 0.724. The van der Waals surface area contributed by atoms with E-state index in [1.54, 1.807) is 12.1 Å². The molecule has 4 nitrogen and oxygen atoms in total. The zero-order valence-corrected chi connectivity index (χ0v) is 7.91. The Labute approximate surface area is 85.9 Å². The van der Waals surface area contributed by atoms with Gasteiger partial charge in [-0.1, -0.05) is 0 Å². The first-order valence-electron chi connectivity index (χ1n) is 4.83. The summed E-state index contributed by atoms with van der Waals surface area (Å²) < 4.78 is 0. The molecule has 1 spiro atoms. The summed E-state index contributed by atoms with van der Waals surface area (Å²) in [6.45, 7) is 0. The highest BCUT2D eigenvalue weighted by Gasteiger charge is 2.56. The van der Waals surface area contributed by atoms with Gasteiger partial charge >= 0.3 is 5.97 Å². The van der Waals surface area contributed by atoms with E-state index in [0.717, 1.165) is 24.1 Å². The fourth-order valence-electron chi connectivity index (χ4n) is 2.17. The molecule has 76 valence electrons. The molecule has 2 aliphatic rings. The van der Waals surface area contributed by atoms with Gasteiger partial charge < -0.3 is 10.4 Å². The Kier molecular flexibility index (Phi) is 1.35. The molecule has 0 aromatic heterocycles. The Morgan fingerprint density at radius 1 is 1.40 bits per heavy atom. The molecule has 3 rings (SSSR count). The molecule has 0 atom stereocenters. The van der Waals surface area contributed by atoms with Crippen LogP contribution in [-0.4, -0.2) is 17.0 Å². The van der Waals surface area contributed by atoms with Gasteiger partial charge in [-0.15, -0.1) is 0 Å². The van der Waals surface area contributed by atoms with Crippen LogP contribution >= 0.6 is 0 Å². The Morgan fingerprint density at radius 2 is 2.13 bits per heavy atom. The second-order valence-electron chi connectivity index (χ2n) is 4.10. The average molecular weight is 203 g/mol. The van der Waals surface area contributed by atoms with Crippen molar-refractivity contribution in [2.24, 2.45) is 0 Å². The van der Waals surface area contributed by atoms with Crippen LogP contribution in [-0.2, 0) is 10.2 Å². The van der Waals surface area contributed by atoms with E-state index in [-0.39, 0.29) is 11.5 Å². The van der Waals surface area contributed by atoms with Gasteiger partial charge in [-0.25, -0.2) is 4.79 Å². The second kappa shape index (κ2) is 2.39. The van der Waals surface area contributed by atoms with Crippen molar-refractivity contribution in [1.29, 1.82) is 0 Å². The molecule has 1 aliphatic carbocycles. The van der Waals surface area contributed by atoms with Crippen LogP contribution in [0, 0.1) is 0 Å². The third kappa shape index (κ3) is 0.960. The number of benzene rings is 1. The molecule has 1 aliphatic heterocycles. The number of aromatic carboxylic acids is 1. The maximum Gasteiger partial charge on any atom is 0.335 e. The van der Waals surface area contributed by atoms with Crippen molar-refractivity contribution in [3.05, 3.63) is 29.3 Å². The topological polar surface area (TPSA) is 66.4 Å². The lowest BCUT2D eigenvalue weighted by Crippen LogP contribution is -2.18. The van der Waals surface area contributed by atoms with Gasteiger partial charge in [-0.05, 0) is 36.6 Å². The number of carbonyl (C=O) groups is 2. The molecule has 0 bridgehead atoms. The molecule has 15 heavy (non-hydrogen) atoms. The monoisotopic (exact) mass is 203 g/mol. The van der Waals surface area contributed by atoms with Crippen molar-refractivity contribution >= 4 is 17.6 Å². The largest absolute Gasteiger partial charge is 0.478 e. The van der Waals surface area contributed by atoms with Gasteiger partial charge in [0.25, 0.3) is 0 Å². The van der Waals surface area contributed by atoms with E-state index in [4.69, 9.17) is 5.11 Å². The Bertz CT molecular complexity index is 489. The molecular weight excluding hydrogens is 194 g/mol. The first-order chi connectivity index (χ1) is 7.13. The number of hydrogen-bond acceptors (Lipinski definition) is 2. The molecule has 1 heterocycles. The van der Waals surface area contributed by atoms with Gasteiger partial charge in [0, 0.05) is 5.69 Å². The number of carboxylic acid groups (broad SMARTS) is 1. The van der Waals surface area contributed by atoms with Crippen LogP contribution in [0.3, 0.4) is 0 Å². The molecule has 2 N–H and O–H groups in total. The molecule has 0 saturated heterocycles. The maximum absolute atomic E-state index is 11.6. The van der Waals surface area contributed by atoms with Gasteiger partial charge in [0.1, 0.15) is 0 Å². The number of nitrogens with one attached hydrogen (secondary N) is 1. The third-order valence-electron chi connectivity index (χ3n) is 3.21. The molecule has 1 aromatic carbocycles. The highest BCUT2D eigenvalue weighted by molar-refractivity contribution is 6.09. The summed E-state index contributed by atoms with van der Waals surface area (Å²) in [7, 11) is 0. The summed E-state index contributed by atoms with van der Waals surface area (Å²) in [6, 6.07) is 4.80. The van der Waals surface area contributed by atoms with Crippen LogP contribution in [0.2, 0.25) is 0 Å². The van der Waals surface area contributed by atoms with Crippen molar-refractivity contribution in [3.8, 4) is 0 Å². The third-order valence-corrected chi connectivity index (χ3v) is 3.21. The van der Waals surface area contributed by atoms with Crippen LogP contribution in [0.1, 0.15) is 28.8 Å².